The lowest BCUT2D eigenvalue weighted by Crippen LogP contribution is -2.09. The quantitative estimate of drug-likeness (QED) is 0.494. The van der Waals surface area contributed by atoms with Crippen LogP contribution in [0.3, 0.4) is 0 Å². The maximum absolute atomic E-state index is 9.06. The first-order chi connectivity index (χ1) is 4.13. The maximum atomic E-state index is 9.06. The fraction of sp³-hybridized carbons (Fsp3) is 0.714. The number of aliphatic hydroxyl groups excluding tert-OH is 1. The summed E-state index contributed by atoms with van der Waals surface area (Å²) in [6, 6.07) is 0. The van der Waals surface area contributed by atoms with Gasteiger partial charge in [-0.15, -0.1) is 0 Å². The van der Waals surface area contributed by atoms with E-state index >= 15 is 0 Å². The normalized spacial score (nSPS) is 36.0. The number of hydrogen-bond donors (Lipinski definition) is 1. The van der Waals surface area contributed by atoms with E-state index in [1.165, 1.54) is 0 Å². The van der Waals surface area contributed by atoms with Gasteiger partial charge in [-0.2, -0.15) is 0 Å². The van der Waals surface area contributed by atoms with Gasteiger partial charge in [-0.3, -0.25) is 0 Å². The molecule has 0 aromatic heterocycles. The highest BCUT2D eigenvalue weighted by atomic mass is 16.6. The molecular formula is C7H12O2. The summed E-state index contributed by atoms with van der Waals surface area (Å²) in [5.41, 5.74) is 2.12. The van der Waals surface area contributed by atoms with Crippen LogP contribution in [-0.2, 0) is 4.74 Å². The maximum Gasteiger partial charge on any atom is 0.177 e. The van der Waals surface area contributed by atoms with Crippen molar-refractivity contribution in [1.82, 2.24) is 0 Å². The summed E-state index contributed by atoms with van der Waals surface area (Å²) in [5, 5.41) is 9.06. The molecular weight excluding hydrogens is 116 g/mol. The van der Waals surface area contributed by atoms with Gasteiger partial charge in [0.25, 0.3) is 0 Å². The van der Waals surface area contributed by atoms with Crippen LogP contribution in [0, 0.1) is 0 Å². The highest BCUT2D eigenvalue weighted by Gasteiger charge is 2.23. The van der Waals surface area contributed by atoms with E-state index in [-0.39, 0.29) is 6.10 Å². The van der Waals surface area contributed by atoms with Gasteiger partial charge in [-0.25, -0.2) is 0 Å². The van der Waals surface area contributed by atoms with Crippen molar-refractivity contribution in [3.63, 3.8) is 0 Å². The third-order valence-electron chi connectivity index (χ3n) is 1.94. The van der Waals surface area contributed by atoms with Crippen molar-refractivity contribution in [1.29, 1.82) is 0 Å². The average molecular weight is 128 g/mol. The third kappa shape index (κ3) is 1.00. The summed E-state index contributed by atoms with van der Waals surface area (Å²) in [5.74, 6) is 0. The van der Waals surface area contributed by atoms with Crippen molar-refractivity contribution >= 4 is 0 Å². The first kappa shape index (κ1) is 6.78. The molecule has 52 valence electrons. The van der Waals surface area contributed by atoms with Crippen LogP contribution in [-0.4, -0.2) is 17.5 Å². The smallest absolute Gasteiger partial charge is 0.177 e. The van der Waals surface area contributed by atoms with E-state index in [4.69, 9.17) is 9.84 Å². The van der Waals surface area contributed by atoms with Gasteiger partial charge in [0.05, 0.1) is 6.10 Å². The summed E-state index contributed by atoms with van der Waals surface area (Å²) in [4.78, 5) is 0. The second-order valence-electron chi connectivity index (χ2n) is 2.50. The van der Waals surface area contributed by atoms with Crippen LogP contribution < -0.4 is 0 Å². The Morgan fingerprint density at radius 3 is 2.00 bits per heavy atom. The SMILES string of the molecule is CC1=C(C)C(O)OC1C. The summed E-state index contributed by atoms with van der Waals surface area (Å²) < 4.78 is 5.07. The van der Waals surface area contributed by atoms with Crippen molar-refractivity contribution in [2.75, 3.05) is 0 Å². The molecule has 0 saturated carbocycles. The van der Waals surface area contributed by atoms with E-state index in [0.717, 1.165) is 11.1 Å². The van der Waals surface area contributed by atoms with Crippen molar-refractivity contribution in [3.8, 4) is 0 Å². The van der Waals surface area contributed by atoms with Crippen LogP contribution in [0.4, 0.5) is 0 Å². The minimum atomic E-state index is -0.653. The van der Waals surface area contributed by atoms with E-state index in [1.807, 2.05) is 20.8 Å². The Morgan fingerprint density at radius 1 is 1.33 bits per heavy atom. The van der Waals surface area contributed by atoms with E-state index in [0.29, 0.717) is 0 Å². The van der Waals surface area contributed by atoms with Gasteiger partial charge >= 0.3 is 0 Å². The van der Waals surface area contributed by atoms with Crippen LogP contribution in [0.5, 0.6) is 0 Å². The molecule has 0 bridgehead atoms. The minimum absolute atomic E-state index is 0.0972. The molecule has 0 radical (unpaired) electrons. The zero-order chi connectivity index (χ0) is 7.02. The average Bonchev–Trinajstić information content (AvgIpc) is 1.98. The lowest BCUT2D eigenvalue weighted by Gasteiger charge is -2.04. The van der Waals surface area contributed by atoms with Gasteiger partial charge in [0.1, 0.15) is 0 Å². The summed E-state index contributed by atoms with van der Waals surface area (Å²) >= 11 is 0. The zero-order valence-electron chi connectivity index (χ0n) is 6.01. The second kappa shape index (κ2) is 2.12. The number of ether oxygens (including phenoxy) is 1. The molecule has 0 aromatic carbocycles. The van der Waals surface area contributed by atoms with Crippen molar-refractivity contribution in [3.05, 3.63) is 11.1 Å². The van der Waals surface area contributed by atoms with Gasteiger partial charge in [0, 0.05) is 0 Å². The lowest BCUT2D eigenvalue weighted by atomic mass is 10.1. The van der Waals surface area contributed by atoms with Gasteiger partial charge < -0.3 is 9.84 Å². The zero-order valence-corrected chi connectivity index (χ0v) is 6.01. The Morgan fingerprint density at radius 2 is 1.89 bits per heavy atom. The van der Waals surface area contributed by atoms with E-state index in [1.54, 1.807) is 0 Å². The van der Waals surface area contributed by atoms with Gasteiger partial charge in [-0.05, 0) is 31.9 Å². The molecule has 2 atom stereocenters. The van der Waals surface area contributed by atoms with Gasteiger partial charge in [-0.1, -0.05) is 0 Å². The fourth-order valence-electron chi connectivity index (χ4n) is 0.913. The van der Waals surface area contributed by atoms with Crippen LogP contribution in [0.2, 0.25) is 0 Å². The minimum Gasteiger partial charge on any atom is -0.364 e. The Balaban J connectivity index is 2.79. The first-order valence-corrected chi connectivity index (χ1v) is 3.13. The molecule has 2 unspecified atom stereocenters. The Labute approximate surface area is 55.1 Å². The van der Waals surface area contributed by atoms with E-state index in [9.17, 15) is 0 Å². The number of hydrogen-bond acceptors (Lipinski definition) is 2. The van der Waals surface area contributed by atoms with Crippen molar-refractivity contribution in [2.24, 2.45) is 0 Å². The molecule has 1 aliphatic heterocycles. The molecule has 0 fully saturated rings. The van der Waals surface area contributed by atoms with Crippen LogP contribution in [0.25, 0.3) is 0 Å². The van der Waals surface area contributed by atoms with Crippen molar-refractivity contribution in [2.45, 2.75) is 33.2 Å². The second-order valence-corrected chi connectivity index (χ2v) is 2.50. The fourth-order valence-corrected chi connectivity index (χ4v) is 0.913. The Kier molecular flexibility index (Phi) is 1.60. The molecule has 1 N–H and O–H groups in total. The highest BCUT2D eigenvalue weighted by molar-refractivity contribution is 5.19. The molecule has 2 nitrogen and oxygen atoms in total. The topological polar surface area (TPSA) is 29.5 Å². The number of rotatable bonds is 0. The molecule has 1 heterocycles. The van der Waals surface area contributed by atoms with Gasteiger partial charge in [0.15, 0.2) is 6.29 Å². The molecule has 2 heteroatoms. The number of aliphatic hydroxyl groups is 1. The predicted molar refractivity (Wildman–Crippen MR) is 34.9 cm³/mol. The highest BCUT2D eigenvalue weighted by Crippen LogP contribution is 2.23. The van der Waals surface area contributed by atoms with Crippen LogP contribution in [0.1, 0.15) is 20.8 Å². The monoisotopic (exact) mass is 128 g/mol. The van der Waals surface area contributed by atoms with Gasteiger partial charge in [0.2, 0.25) is 0 Å². The summed E-state index contributed by atoms with van der Waals surface area (Å²) in [6.07, 6.45) is -0.556. The first-order valence-electron chi connectivity index (χ1n) is 3.13. The summed E-state index contributed by atoms with van der Waals surface area (Å²) in [6.45, 7) is 5.81. The molecule has 0 aliphatic carbocycles. The molecule has 0 aromatic rings. The Hall–Kier alpha value is -0.340. The van der Waals surface area contributed by atoms with E-state index in [2.05, 4.69) is 0 Å². The standard InChI is InChI=1S/C7H12O2/c1-4-5(2)7(8)9-6(4)3/h6-8H,1-3H3. The van der Waals surface area contributed by atoms with E-state index < -0.39 is 6.29 Å². The Bertz CT molecular complexity index is 133. The molecule has 9 heavy (non-hydrogen) atoms. The van der Waals surface area contributed by atoms with Crippen LogP contribution >= 0.6 is 0 Å². The van der Waals surface area contributed by atoms with Crippen LogP contribution in [0.15, 0.2) is 11.1 Å². The molecule has 1 aliphatic rings. The molecule has 0 saturated heterocycles. The third-order valence-corrected chi connectivity index (χ3v) is 1.94. The molecule has 1 rings (SSSR count). The largest absolute Gasteiger partial charge is 0.364 e. The molecule has 0 spiro atoms. The lowest BCUT2D eigenvalue weighted by molar-refractivity contribution is -0.0750. The summed E-state index contributed by atoms with van der Waals surface area (Å²) in [7, 11) is 0. The molecule has 0 amide bonds. The van der Waals surface area contributed by atoms with Crippen molar-refractivity contribution < 1.29 is 9.84 Å². The predicted octanol–water partition coefficient (Wildman–Crippen LogP) is 1.06.